The molecule has 1 amide bonds. The second kappa shape index (κ2) is 7.16. The fourth-order valence-electron chi connectivity index (χ4n) is 3.99. The Hall–Kier alpha value is -1.16. The number of aromatic nitrogens is 2. The molecule has 1 aromatic rings. The molecule has 0 spiro atoms. The summed E-state index contributed by atoms with van der Waals surface area (Å²) in [7, 11) is 0. The van der Waals surface area contributed by atoms with E-state index in [0.717, 1.165) is 19.4 Å². The highest BCUT2D eigenvalue weighted by Gasteiger charge is 2.35. The third-order valence-corrected chi connectivity index (χ3v) is 5.51. The highest BCUT2D eigenvalue weighted by Crippen LogP contribution is 2.35. The number of carbonyl (C=O) groups is 1. The molecule has 2 atom stereocenters. The maximum absolute atomic E-state index is 13.2. The topological polar surface area (TPSA) is 46.1 Å². The maximum atomic E-state index is 13.2. The summed E-state index contributed by atoms with van der Waals surface area (Å²) in [6.45, 7) is 4.89. The van der Waals surface area contributed by atoms with Gasteiger partial charge in [0.05, 0.1) is 11.2 Å². The van der Waals surface area contributed by atoms with Crippen molar-refractivity contribution in [2.75, 3.05) is 6.54 Å². The van der Waals surface area contributed by atoms with Crippen molar-refractivity contribution in [3.63, 3.8) is 0 Å². The van der Waals surface area contributed by atoms with Gasteiger partial charge in [0, 0.05) is 18.5 Å². The highest BCUT2D eigenvalue weighted by atomic mass is 35.5. The van der Waals surface area contributed by atoms with Gasteiger partial charge >= 0.3 is 0 Å². The van der Waals surface area contributed by atoms with Gasteiger partial charge in [0.2, 0.25) is 0 Å². The Bertz CT molecular complexity index is 575. The van der Waals surface area contributed by atoms with Gasteiger partial charge in [0.25, 0.3) is 5.91 Å². The van der Waals surface area contributed by atoms with Crippen LogP contribution in [0.15, 0.2) is 6.20 Å². The van der Waals surface area contributed by atoms with Crippen LogP contribution in [-0.4, -0.2) is 33.4 Å². The van der Waals surface area contributed by atoms with Crippen LogP contribution in [0.3, 0.4) is 0 Å². The first kappa shape index (κ1) is 16.7. The first-order valence-corrected chi connectivity index (χ1v) is 9.29. The Morgan fingerprint density at radius 3 is 2.65 bits per heavy atom. The molecular formula is C18H26ClN3O. The minimum Gasteiger partial charge on any atom is -0.334 e. The van der Waals surface area contributed by atoms with E-state index in [4.69, 9.17) is 11.6 Å². The minimum atomic E-state index is -0.00176. The zero-order chi connectivity index (χ0) is 16.4. The van der Waals surface area contributed by atoms with Gasteiger partial charge < -0.3 is 4.90 Å². The van der Waals surface area contributed by atoms with Crippen molar-refractivity contribution < 1.29 is 4.79 Å². The monoisotopic (exact) mass is 335 g/mol. The van der Waals surface area contributed by atoms with Crippen LogP contribution in [-0.2, 0) is 0 Å². The van der Waals surface area contributed by atoms with E-state index < -0.39 is 0 Å². The van der Waals surface area contributed by atoms with E-state index in [1.807, 2.05) is 13.8 Å². The van der Waals surface area contributed by atoms with Gasteiger partial charge in [0.15, 0.2) is 5.69 Å². The van der Waals surface area contributed by atoms with Crippen LogP contribution >= 0.6 is 11.6 Å². The van der Waals surface area contributed by atoms with E-state index in [1.54, 1.807) is 6.20 Å². The summed E-state index contributed by atoms with van der Waals surface area (Å²) in [6.07, 6.45) is 10.0. The Morgan fingerprint density at radius 1 is 1.22 bits per heavy atom. The maximum Gasteiger partial charge on any atom is 0.274 e. The molecule has 0 bridgehead atoms. The second-order valence-electron chi connectivity index (χ2n) is 7.19. The van der Waals surface area contributed by atoms with Crippen molar-refractivity contribution in [2.45, 2.75) is 70.8 Å². The quantitative estimate of drug-likeness (QED) is 0.802. The average Bonchev–Trinajstić information content (AvgIpc) is 2.77. The fraction of sp³-hybridized carbons (Fsp3) is 0.722. The van der Waals surface area contributed by atoms with Crippen molar-refractivity contribution in [3.8, 4) is 0 Å². The third kappa shape index (κ3) is 3.52. The molecular weight excluding hydrogens is 310 g/mol. The van der Waals surface area contributed by atoms with Crippen molar-refractivity contribution in [2.24, 2.45) is 5.92 Å². The molecule has 1 saturated heterocycles. The molecule has 0 radical (unpaired) electrons. The lowest BCUT2D eigenvalue weighted by Crippen LogP contribution is -2.45. The Kier molecular flexibility index (Phi) is 5.20. The smallest absolute Gasteiger partial charge is 0.274 e. The van der Waals surface area contributed by atoms with Crippen LogP contribution in [0.4, 0.5) is 0 Å². The number of nitrogens with zero attached hydrogens (tertiary/aromatic N) is 3. The minimum absolute atomic E-state index is 0.00176. The summed E-state index contributed by atoms with van der Waals surface area (Å²) in [5, 5.41) is 0.371. The number of carbonyl (C=O) groups excluding carboxylic acids is 1. The van der Waals surface area contributed by atoms with Crippen molar-refractivity contribution in [3.05, 3.63) is 22.7 Å². The number of rotatable bonds is 2. The first-order valence-electron chi connectivity index (χ1n) is 8.91. The van der Waals surface area contributed by atoms with E-state index in [1.165, 1.54) is 32.1 Å². The number of hydrogen-bond donors (Lipinski definition) is 0. The van der Waals surface area contributed by atoms with Crippen molar-refractivity contribution >= 4 is 17.5 Å². The number of fused-ring (bicyclic) bond motifs is 1. The lowest BCUT2D eigenvalue weighted by Gasteiger charge is -2.38. The fourth-order valence-corrected chi connectivity index (χ4v) is 4.16. The Labute approximate surface area is 143 Å². The summed E-state index contributed by atoms with van der Waals surface area (Å²) in [5.41, 5.74) is 0.386. The Balaban J connectivity index is 1.90. The molecule has 0 aromatic carbocycles. The van der Waals surface area contributed by atoms with Crippen LogP contribution in [0, 0.1) is 5.92 Å². The number of amides is 1. The number of halogens is 1. The third-order valence-electron chi connectivity index (χ3n) is 5.24. The predicted molar refractivity (Wildman–Crippen MR) is 91.8 cm³/mol. The first-order chi connectivity index (χ1) is 11.1. The van der Waals surface area contributed by atoms with Crippen molar-refractivity contribution in [1.29, 1.82) is 0 Å². The van der Waals surface area contributed by atoms with Gasteiger partial charge in [-0.05, 0) is 31.6 Å². The molecule has 126 valence electrons. The lowest BCUT2D eigenvalue weighted by atomic mass is 9.81. The second-order valence-corrected chi connectivity index (χ2v) is 7.59. The highest BCUT2D eigenvalue weighted by molar-refractivity contribution is 6.33. The van der Waals surface area contributed by atoms with E-state index in [-0.39, 0.29) is 11.8 Å². The molecule has 1 aromatic heterocycles. The van der Waals surface area contributed by atoms with Crippen molar-refractivity contribution in [1.82, 2.24) is 14.9 Å². The summed E-state index contributed by atoms with van der Waals surface area (Å²) in [6, 6.07) is 0.368. The number of hydrogen-bond acceptors (Lipinski definition) is 3. The molecule has 2 unspecified atom stereocenters. The molecule has 23 heavy (non-hydrogen) atoms. The van der Waals surface area contributed by atoms with E-state index in [2.05, 4.69) is 14.9 Å². The molecule has 4 nitrogen and oxygen atoms in total. The predicted octanol–water partition coefficient (Wildman–Crippen LogP) is 4.44. The average molecular weight is 336 g/mol. The standard InChI is InChI=1S/C18H26ClN3O/c1-12(2)17-20-11-14(19)16(21-17)18(23)22-10-6-5-8-13-7-3-4-9-15(13)22/h11-13,15H,3-10H2,1-2H3. The van der Waals surface area contributed by atoms with E-state index >= 15 is 0 Å². The van der Waals surface area contributed by atoms with Crippen LogP contribution in [0.5, 0.6) is 0 Å². The molecule has 1 aliphatic heterocycles. The summed E-state index contributed by atoms with van der Waals surface area (Å²) in [5.74, 6) is 1.52. The summed E-state index contributed by atoms with van der Waals surface area (Å²) >= 11 is 6.26. The normalized spacial score (nSPS) is 25.1. The van der Waals surface area contributed by atoms with E-state index in [0.29, 0.717) is 28.5 Å². The lowest BCUT2D eigenvalue weighted by molar-refractivity contribution is 0.0562. The number of likely N-dealkylation sites (tertiary alicyclic amines) is 1. The van der Waals surface area contributed by atoms with Gasteiger partial charge in [-0.1, -0.05) is 44.7 Å². The molecule has 1 saturated carbocycles. The van der Waals surface area contributed by atoms with Gasteiger partial charge in [-0.15, -0.1) is 0 Å². The van der Waals surface area contributed by atoms with E-state index in [9.17, 15) is 4.79 Å². The van der Waals surface area contributed by atoms with Crippen LogP contribution in [0.25, 0.3) is 0 Å². The molecule has 1 aliphatic carbocycles. The zero-order valence-corrected chi connectivity index (χ0v) is 14.9. The van der Waals surface area contributed by atoms with Crippen LogP contribution < -0.4 is 0 Å². The van der Waals surface area contributed by atoms with Crippen LogP contribution in [0.2, 0.25) is 5.02 Å². The molecule has 2 aliphatic rings. The van der Waals surface area contributed by atoms with Gasteiger partial charge in [-0.25, -0.2) is 9.97 Å². The van der Waals surface area contributed by atoms with Gasteiger partial charge in [-0.3, -0.25) is 4.79 Å². The summed E-state index contributed by atoms with van der Waals surface area (Å²) in [4.78, 5) is 24.0. The molecule has 0 N–H and O–H groups in total. The molecule has 2 heterocycles. The molecule has 2 fully saturated rings. The molecule has 5 heteroatoms. The van der Waals surface area contributed by atoms with Gasteiger partial charge in [-0.2, -0.15) is 0 Å². The SMILES string of the molecule is CC(C)c1ncc(Cl)c(C(=O)N2CCCCC3CCCCC32)n1. The van der Waals surface area contributed by atoms with Gasteiger partial charge in [0.1, 0.15) is 5.82 Å². The molecule has 3 rings (SSSR count). The largest absolute Gasteiger partial charge is 0.334 e. The summed E-state index contributed by atoms with van der Waals surface area (Å²) < 4.78 is 0. The van der Waals surface area contributed by atoms with Crippen LogP contribution in [0.1, 0.15) is 81.0 Å². The zero-order valence-electron chi connectivity index (χ0n) is 14.1. The Morgan fingerprint density at radius 2 is 1.91 bits per heavy atom.